The molecule has 0 amide bonds. The van der Waals surface area contributed by atoms with Crippen molar-refractivity contribution in [3.8, 4) is 0 Å². The number of hydrogen-bond acceptors (Lipinski definition) is 20. The lowest BCUT2D eigenvalue weighted by atomic mass is 10.6. The van der Waals surface area contributed by atoms with Gasteiger partial charge >= 0.3 is 0 Å². The van der Waals surface area contributed by atoms with Crippen molar-refractivity contribution in [3.05, 3.63) is 142 Å². The van der Waals surface area contributed by atoms with Crippen molar-refractivity contribution in [2.45, 2.75) is 166 Å². The minimum atomic E-state index is 0.623. The van der Waals surface area contributed by atoms with Gasteiger partial charge in [-0.3, -0.25) is 14.9 Å². The third-order valence-corrected chi connectivity index (χ3v) is 7.61. The predicted molar refractivity (Wildman–Crippen MR) is 310 cm³/mol. The van der Waals surface area contributed by atoms with Gasteiger partial charge in [0.25, 0.3) is 0 Å². The molecule has 0 saturated carbocycles. The number of nitrogens with one attached hydrogen (secondary N) is 4. The Kier molecular flexibility index (Phi) is 63.2. The number of imidazole rings is 2. The van der Waals surface area contributed by atoms with Crippen LogP contribution in [0.15, 0.2) is 83.7 Å². The van der Waals surface area contributed by atoms with Crippen LogP contribution in [-0.4, -0.2) is 110 Å². The first-order valence-corrected chi connectivity index (χ1v) is 26.6. The number of nitrogens with zero attached hydrogens (tertiary/aromatic N) is 18. The molecule has 0 atom stereocenters. The van der Waals surface area contributed by atoms with Gasteiger partial charge in [0.2, 0.25) is 17.7 Å². The number of aromatic amines is 4. The Morgan fingerprint density at radius 2 is 1.04 bits per heavy atom. The van der Waals surface area contributed by atoms with Crippen LogP contribution < -0.4 is 0 Å². The predicted octanol–water partition coefficient (Wildman–Crippen LogP) is 12.3. The molecule has 0 saturated heterocycles. The van der Waals surface area contributed by atoms with Gasteiger partial charge in [-0.05, 0) is 86.0 Å². The van der Waals surface area contributed by atoms with E-state index in [1.54, 1.807) is 75.0 Å². The number of hydrogen-bond donors (Lipinski definition) is 4. The quantitative estimate of drug-likeness (QED) is 0.110. The molecule has 24 nitrogen and oxygen atoms in total. The Morgan fingerprint density at radius 1 is 0.526 bits per heavy atom. The lowest BCUT2D eigenvalue weighted by Crippen LogP contribution is -1.83. The van der Waals surface area contributed by atoms with Crippen LogP contribution in [0.1, 0.15) is 151 Å². The monoisotopic (exact) mass is 1100 g/mol. The van der Waals surface area contributed by atoms with Gasteiger partial charge < -0.3 is 23.5 Å². The molecule has 0 bridgehead atoms. The Morgan fingerprint density at radius 3 is 1.16 bits per heavy atom. The van der Waals surface area contributed by atoms with Crippen LogP contribution in [0.2, 0.25) is 0 Å². The largest absolute Gasteiger partial charge is 0.426 e. The molecule has 26 heteroatoms. The molecule has 0 spiro atoms. The van der Waals surface area contributed by atoms with Gasteiger partial charge in [0.05, 0.1) is 6.33 Å². The van der Waals surface area contributed by atoms with Crippen molar-refractivity contribution >= 4 is 22.9 Å². The third-order valence-electron chi connectivity index (χ3n) is 6.14. The van der Waals surface area contributed by atoms with Crippen LogP contribution in [0.3, 0.4) is 0 Å². The van der Waals surface area contributed by atoms with Crippen LogP contribution in [0, 0.1) is 83.1 Å². The molecule has 10 rings (SSSR count). The molecule has 428 valence electrons. The average Bonchev–Trinajstić information content (AvgIpc) is 4.25. The van der Waals surface area contributed by atoms with Crippen LogP contribution in [0.4, 0.5) is 0 Å². The van der Waals surface area contributed by atoms with Crippen LogP contribution in [-0.2, 0) is 14.1 Å². The van der Waals surface area contributed by atoms with Crippen molar-refractivity contribution in [2.24, 2.45) is 14.1 Å². The molecule has 0 aliphatic heterocycles. The second kappa shape index (κ2) is 60.1. The Balaban J connectivity index is -0.000000175. The Labute approximate surface area is 462 Å². The zero-order valence-corrected chi connectivity index (χ0v) is 52.2. The van der Waals surface area contributed by atoms with E-state index in [0.29, 0.717) is 23.5 Å². The molecule has 4 N–H and O–H groups in total. The van der Waals surface area contributed by atoms with Crippen molar-refractivity contribution in [1.29, 1.82) is 0 Å². The molecular weight excluding hydrogens is 1000 g/mol. The van der Waals surface area contributed by atoms with Gasteiger partial charge in [0.1, 0.15) is 63.6 Å². The van der Waals surface area contributed by atoms with E-state index in [4.69, 9.17) is 4.42 Å². The molecule has 0 unspecified atom stereocenters. The zero-order valence-electron chi connectivity index (χ0n) is 50.6. The zero-order chi connectivity index (χ0) is 59.5. The summed E-state index contributed by atoms with van der Waals surface area (Å²) in [6.07, 6.45) is 17.1. The summed E-state index contributed by atoms with van der Waals surface area (Å²) in [6, 6.07) is 4.00. The molecule has 76 heavy (non-hydrogen) atoms. The van der Waals surface area contributed by atoms with Gasteiger partial charge in [0.15, 0.2) is 5.82 Å². The minimum absolute atomic E-state index is 0.623. The number of aromatic nitrogens is 22. The summed E-state index contributed by atoms with van der Waals surface area (Å²) in [7, 11) is 3.83. The Bertz CT molecular complexity index is 1990. The van der Waals surface area contributed by atoms with E-state index in [0.717, 1.165) is 44.0 Å². The van der Waals surface area contributed by atoms with Gasteiger partial charge in [0, 0.05) is 71.5 Å². The molecule has 0 fully saturated rings. The summed E-state index contributed by atoms with van der Waals surface area (Å²) < 4.78 is 17.0. The highest BCUT2D eigenvalue weighted by molar-refractivity contribution is 7.11. The summed E-state index contributed by atoms with van der Waals surface area (Å²) in [5.74, 6) is 6.12. The molecule has 10 aromatic heterocycles. The maximum atomic E-state index is 4.86. The van der Waals surface area contributed by atoms with Gasteiger partial charge in [-0.25, -0.2) is 29.9 Å². The van der Waals surface area contributed by atoms with E-state index in [2.05, 4.69) is 105 Å². The van der Waals surface area contributed by atoms with E-state index < -0.39 is 0 Å². The van der Waals surface area contributed by atoms with E-state index in [-0.39, 0.29) is 0 Å². The van der Waals surface area contributed by atoms with Crippen molar-refractivity contribution < 1.29 is 8.94 Å². The van der Waals surface area contributed by atoms with Gasteiger partial charge in [-0.1, -0.05) is 88.2 Å². The second-order valence-electron chi connectivity index (χ2n) is 12.4. The molecule has 10 heterocycles. The standard InChI is InChI=1S/C5H7N.2C4H6N2O.2C4H6N2S.2C4H6N2.3C3H5N3.6C2H6/c1-6-4-2-3-5-6;1-3-5-6-4(2)7-3;1-3-5-4(2)7-6-3;1-3-5-6-4(2)7-3;1-3-5-4(2)7-6-3;1-4-2-5-3-6-4;1-4-5-2-3-6-4;1-6-3-4-2-5-6;2*1-3-4-2-5-6-3;6*1-2/h2-5H,1H3;4*1-2H3;2*2-3H,1H3,(H,5,6);2-3H,1H3;2*2H,1H3,(H,4,5,6);6*1-2H3. The summed E-state index contributed by atoms with van der Waals surface area (Å²) in [4.78, 5) is 32.4. The summed E-state index contributed by atoms with van der Waals surface area (Å²) in [5, 5.41) is 37.6. The molecule has 0 aliphatic carbocycles. The van der Waals surface area contributed by atoms with Crippen LogP contribution in [0.25, 0.3) is 0 Å². The summed E-state index contributed by atoms with van der Waals surface area (Å²) >= 11 is 3.06. The van der Waals surface area contributed by atoms with Crippen molar-refractivity contribution in [1.82, 2.24) is 110 Å². The first-order chi connectivity index (χ1) is 36.5. The fourth-order valence-corrected chi connectivity index (χ4v) is 4.55. The molecule has 0 aliphatic rings. The lowest BCUT2D eigenvalue weighted by Gasteiger charge is -1.79. The second-order valence-corrected chi connectivity index (χ2v) is 14.7. The fraction of sp³-hybridized carbons (Fsp3) is 0.520. The highest BCUT2D eigenvalue weighted by Crippen LogP contribution is 2.04. The van der Waals surface area contributed by atoms with Gasteiger partial charge in [-0.2, -0.15) is 24.7 Å². The molecular formula is C50H94N22O2S2. The van der Waals surface area contributed by atoms with Gasteiger partial charge in [-0.15, -0.1) is 31.7 Å². The highest BCUT2D eigenvalue weighted by atomic mass is 32.1. The molecule has 0 radical (unpaired) electrons. The third kappa shape index (κ3) is 57.4. The maximum Gasteiger partial charge on any atom is 0.223 e. The van der Waals surface area contributed by atoms with Crippen molar-refractivity contribution in [2.75, 3.05) is 0 Å². The summed E-state index contributed by atoms with van der Waals surface area (Å²) in [5.41, 5.74) is 1.11. The number of H-pyrrole nitrogens is 4. The van der Waals surface area contributed by atoms with E-state index in [9.17, 15) is 0 Å². The molecule has 0 aromatic carbocycles. The SMILES string of the molecule is CC.CC.CC.CC.CC.CC.Cc1cnc[nH]1.Cc1ncc[nH]1.Cc1ncn[nH]1.Cc1ncn[nH]1.Cc1nnc(C)o1.Cc1nnc(C)s1.Cc1noc(C)n1.Cc1nsc(C)n1.Cn1cccc1.Cn1cncn1. The first-order valence-electron chi connectivity index (χ1n) is 25.0. The average molecular weight is 1100 g/mol. The summed E-state index contributed by atoms with van der Waals surface area (Å²) in [6.45, 7) is 46.4. The van der Waals surface area contributed by atoms with Crippen molar-refractivity contribution in [3.63, 3.8) is 0 Å². The minimum Gasteiger partial charge on any atom is -0.426 e. The van der Waals surface area contributed by atoms with E-state index in [1.165, 1.54) is 30.5 Å². The number of aryl methyl sites for hydroxylation is 14. The topological polar surface area (TPSA) is 306 Å². The number of rotatable bonds is 0. The maximum absolute atomic E-state index is 4.86. The van der Waals surface area contributed by atoms with Crippen LogP contribution >= 0.6 is 22.9 Å². The lowest BCUT2D eigenvalue weighted by molar-refractivity contribution is 0.389. The Hall–Kier alpha value is -7.48. The fourth-order valence-electron chi connectivity index (χ4n) is 3.48. The van der Waals surface area contributed by atoms with E-state index >= 15 is 0 Å². The molecule has 10 aromatic rings. The van der Waals surface area contributed by atoms with E-state index in [1.807, 2.05) is 182 Å². The highest BCUT2D eigenvalue weighted by Gasteiger charge is 1.91. The van der Waals surface area contributed by atoms with Crippen LogP contribution in [0.5, 0.6) is 0 Å². The normalized spacial score (nSPS) is 8.13. The smallest absolute Gasteiger partial charge is 0.223 e. The first kappa shape index (κ1) is 79.9.